The van der Waals surface area contributed by atoms with Crippen molar-refractivity contribution in [3.63, 3.8) is 0 Å². The van der Waals surface area contributed by atoms with Crippen molar-refractivity contribution in [1.82, 2.24) is 4.90 Å². The quantitative estimate of drug-likeness (QED) is 0.208. The molecule has 0 aromatic heterocycles. The first-order valence-corrected chi connectivity index (χ1v) is 9.62. The highest BCUT2D eigenvalue weighted by molar-refractivity contribution is 14.1. The van der Waals surface area contributed by atoms with E-state index in [1.54, 1.807) is 7.11 Å². The van der Waals surface area contributed by atoms with Crippen molar-refractivity contribution < 1.29 is 23.7 Å². The molecule has 1 rings (SSSR count). The summed E-state index contributed by atoms with van der Waals surface area (Å²) in [6.07, 6.45) is 4.67. The number of allylic oxidation sites excluding steroid dienone is 1. The number of hydrogen-bond acceptors (Lipinski definition) is 6. The lowest BCUT2D eigenvalue weighted by Gasteiger charge is -2.40. The molecule has 6 nitrogen and oxygen atoms in total. The smallest absolute Gasteiger partial charge is 0.302 e. The molecule has 0 saturated carbocycles. The highest BCUT2D eigenvalue weighted by Gasteiger charge is 2.36. The number of esters is 1. The zero-order valence-electron chi connectivity index (χ0n) is 14.9. The van der Waals surface area contributed by atoms with Crippen LogP contribution in [0.2, 0.25) is 0 Å². The van der Waals surface area contributed by atoms with E-state index in [2.05, 4.69) is 40.6 Å². The Labute approximate surface area is 159 Å². The van der Waals surface area contributed by atoms with Gasteiger partial charge in [0.15, 0.2) is 0 Å². The van der Waals surface area contributed by atoms with Crippen LogP contribution in [0.3, 0.4) is 0 Å². The fraction of sp³-hybridized carbons (Fsp3) is 0.824. The molecule has 0 bridgehead atoms. The maximum atomic E-state index is 11.4. The Morgan fingerprint density at radius 3 is 2.88 bits per heavy atom. The number of carbonyl (C=O) groups is 1. The maximum Gasteiger partial charge on any atom is 0.302 e. The molecular weight excluding hydrogens is 421 g/mol. The van der Waals surface area contributed by atoms with Crippen molar-refractivity contribution in [2.75, 3.05) is 47.3 Å². The van der Waals surface area contributed by atoms with Crippen LogP contribution in [0.5, 0.6) is 0 Å². The Kier molecular flexibility index (Phi) is 11.9. The van der Waals surface area contributed by atoms with Gasteiger partial charge < -0.3 is 23.8 Å². The number of hydrogen-bond donors (Lipinski definition) is 0. The topological polar surface area (TPSA) is 57.2 Å². The number of carbonyl (C=O) groups excluding carboxylic acids is 1. The number of halogens is 1. The second kappa shape index (κ2) is 13.0. The SMILES string of the molecule is COCCOCOC(CCC=C[123I])C1CN(C)CCC1OC(C)=O. The lowest BCUT2D eigenvalue weighted by molar-refractivity contribution is -0.166. The molecule has 1 aliphatic rings. The molecule has 0 N–H and O–H groups in total. The molecule has 1 fully saturated rings. The first-order valence-electron chi connectivity index (χ1n) is 8.37. The predicted molar refractivity (Wildman–Crippen MR) is 101 cm³/mol. The van der Waals surface area contributed by atoms with E-state index in [-0.39, 0.29) is 30.9 Å². The van der Waals surface area contributed by atoms with Gasteiger partial charge in [0.05, 0.1) is 19.3 Å². The van der Waals surface area contributed by atoms with E-state index in [1.807, 2.05) is 4.08 Å². The normalized spacial score (nSPS) is 23.5. The predicted octanol–water partition coefficient (Wildman–Crippen LogP) is 2.60. The molecule has 1 saturated heterocycles. The number of likely N-dealkylation sites (tertiary alicyclic amines) is 1. The van der Waals surface area contributed by atoms with Gasteiger partial charge in [0.2, 0.25) is 0 Å². The van der Waals surface area contributed by atoms with E-state index in [0.717, 1.165) is 32.4 Å². The maximum absolute atomic E-state index is 11.4. The molecule has 7 heteroatoms. The zero-order valence-corrected chi connectivity index (χ0v) is 17.1. The summed E-state index contributed by atoms with van der Waals surface area (Å²) < 4.78 is 24.0. The van der Waals surface area contributed by atoms with Crippen LogP contribution in [-0.4, -0.2) is 70.3 Å². The van der Waals surface area contributed by atoms with Crippen molar-refractivity contribution in [1.29, 1.82) is 0 Å². The van der Waals surface area contributed by atoms with Crippen LogP contribution >= 0.6 is 22.6 Å². The summed E-state index contributed by atoms with van der Waals surface area (Å²) in [5.41, 5.74) is 0. The third kappa shape index (κ3) is 8.75. The number of nitrogens with zero attached hydrogens (tertiary/aromatic N) is 1. The third-order valence-electron chi connectivity index (χ3n) is 4.09. The van der Waals surface area contributed by atoms with Gasteiger partial charge in [0.25, 0.3) is 0 Å². The fourth-order valence-corrected chi connectivity index (χ4v) is 3.29. The number of piperidine rings is 1. The highest BCUT2D eigenvalue weighted by atomic mass is 123. The third-order valence-corrected chi connectivity index (χ3v) is 4.60. The van der Waals surface area contributed by atoms with Gasteiger partial charge in [0.1, 0.15) is 12.9 Å². The van der Waals surface area contributed by atoms with Gasteiger partial charge in [-0.3, -0.25) is 4.79 Å². The monoisotopic (exact) mass is 451 g/mol. The van der Waals surface area contributed by atoms with E-state index in [0.29, 0.717) is 13.2 Å². The Morgan fingerprint density at radius 1 is 1.42 bits per heavy atom. The van der Waals surface area contributed by atoms with Gasteiger partial charge in [-0.1, -0.05) is 28.7 Å². The van der Waals surface area contributed by atoms with Crippen LogP contribution in [0.25, 0.3) is 0 Å². The van der Waals surface area contributed by atoms with Crippen LogP contribution in [0.15, 0.2) is 10.2 Å². The summed E-state index contributed by atoms with van der Waals surface area (Å²) in [6.45, 7) is 4.54. The molecule has 140 valence electrons. The summed E-state index contributed by atoms with van der Waals surface area (Å²) in [5.74, 6) is -0.0712. The Hall–Kier alpha value is -0.220. The zero-order chi connectivity index (χ0) is 17.8. The molecule has 1 aliphatic heterocycles. The van der Waals surface area contributed by atoms with Crippen LogP contribution < -0.4 is 0 Å². The molecule has 3 unspecified atom stereocenters. The average Bonchev–Trinajstić information content (AvgIpc) is 2.54. The second-order valence-electron chi connectivity index (χ2n) is 6.03. The van der Waals surface area contributed by atoms with Crippen molar-refractivity contribution in [3.05, 3.63) is 10.2 Å². The number of methoxy groups -OCH3 is 1. The summed E-state index contributed by atoms with van der Waals surface area (Å²) in [4.78, 5) is 13.7. The van der Waals surface area contributed by atoms with Gasteiger partial charge in [-0.25, -0.2) is 0 Å². The van der Waals surface area contributed by atoms with E-state index in [4.69, 9.17) is 18.9 Å². The van der Waals surface area contributed by atoms with Gasteiger partial charge in [0, 0.05) is 33.0 Å². The molecule has 0 aliphatic carbocycles. The lowest BCUT2D eigenvalue weighted by atomic mass is 9.87. The van der Waals surface area contributed by atoms with Crippen LogP contribution in [0, 0.1) is 5.92 Å². The molecule has 24 heavy (non-hydrogen) atoms. The van der Waals surface area contributed by atoms with Crippen molar-refractivity contribution in [3.8, 4) is 0 Å². The largest absolute Gasteiger partial charge is 0.462 e. The summed E-state index contributed by atoms with van der Waals surface area (Å²) in [7, 11) is 3.73. The Balaban J connectivity index is 2.65. The van der Waals surface area contributed by atoms with Crippen molar-refractivity contribution in [2.45, 2.75) is 38.4 Å². The molecule has 0 amide bonds. The van der Waals surface area contributed by atoms with E-state index in [1.165, 1.54) is 6.92 Å². The molecule has 0 aromatic rings. The average molecular weight is 451 g/mol. The van der Waals surface area contributed by atoms with Gasteiger partial charge >= 0.3 is 5.97 Å². The van der Waals surface area contributed by atoms with E-state index < -0.39 is 0 Å². The molecule has 0 radical (unpaired) electrons. The lowest BCUT2D eigenvalue weighted by Crippen LogP contribution is -2.49. The van der Waals surface area contributed by atoms with E-state index in [9.17, 15) is 4.79 Å². The second-order valence-corrected chi connectivity index (χ2v) is 6.74. The first kappa shape index (κ1) is 21.8. The van der Waals surface area contributed by atoms with Gasteiger partial charge in [-0.15, -0.1) is 0 Å². The molecule has 3 atom stereocenters. The van der Waals surface area contributed by atoms with Crippen LogP contribution in [0.1, 0.15) is 26.2 Å². The van der Waals surface area contributed by atoms with Crippen LogP contribution in [-0.2, 0) is 23.7 Å². The van der Waals surface area contributed by atoms with Crippen molar-refractivity contribution in [2.24, 2.45) is 5.92 Å². The summed E-state index contributed by atoms with van der Waals surface area (Å²) >= 11 is 2.22. The van der Waals surface area contributed by atoms with Gasteiger partial charge in [-0.05, 0) is 30.4 Å². The Bertz CT molecular complexity index is 380. The standard InChI is InChI=1S/C17H30INO5/c1-14(20)24-17-7-9-19(2)12-15(17)16(6-4-5-8-18)23-13-22-11-10-21-3/h5,8,15-17H,4,6-7,9-13H2,1-3H3/i18-4. The van der Waals surface area contributed by atoms with Crippen LogP contribution in [0.4, 0.5) is 0 Å². The van der Waals surface area contributed by atoms with Crippen molar-refractivity contribution >= 4 is 28.6 Å². The first-order chi connectivity index (χ1) is 11.6. The number of ether oxygens (including phenoxy) is 4. The summed E-state index contributed by atoms with van der Waals surface area (Å²) in [6, 6.07) is 0. The van der Waals surface area contributed by atoms with E-state index >= 15 is 0 Å². The minimum atomic E-state index is -0.225. The van der Waals surface area contributed by atoms with Gasteiger partial charge in [-0.2, -0.15) is 0 Å². The number of rotatable bonds is 11. The molecule has 1 heterocycles. The fourth-order valence-electron chi connectivity index (χ4n) is 2.93. The molecule has 0 spiro atoms. The minimum Gasteiger partial charge on any atom is -0.462 e. The molecular formula is C17H30INO5. The Morgan fingerprint density at radius 2 is 2.21 bits per heavy atom. The highest BCUT2D eigenvalue weighted by Crippen LogP contribution is 2.27. The summed E-state index contributed by atoms with van der Waals surface area (Å²) in [5, 5.41) is 0. The minimum absolute atomic E-state index is 0.00718. The molecule has 0 aromatic carbocycles.